The lowest BCUT2D eigenvalue weighted by molar-refractivity contribution is 0.413. The molecular formula is C10H10N2O2S. The molecule has 0 fully saturated rings. The standard InChI is InChI=1S/C10H10N2O2S/c1-13-7-2-3-9(8(11)6-7)14-10-12-4-5-15-10/h2-6H,11H2,1H3. The molecule has 0 bridgehead atoms. The van der Waals surface area contributed by atoms with Crippen LogP contribution in [0.3, 0.4) is 0 Å². The number of nitrogens with two attached hydrogens (primary N) is 1. The van der Waals surface area contributed by atoms with Crippen LogP contribution in [0.2, 0.25) is 0 Å². The van der Waals surface area contributed by atoms with E-state index in [-0.39, 0.29) is 0 Å². The number of aromatic nitrogens is 1. The summed E-state index contributed by atoms with van der Waals surface area (Å²) >= 11 is 1.42. The summed E-state index contributed by atoms with van der Waals surface area (Å²) in [5.74, 6) is 1.30. The van der Waals surface area contributed by atoms with E-state index in [0.29, 0.717) is 22.4 Å². The summed E-state index contributed by atoms with van der Waals surface area (Å²) in [6.45, 7) is 0. The molecule has 4 nitrogen and oxygen atoms in total. The fourth-order valence-electron chi connectivity index (χ4n) is 1.10. The van der Waals surface area contributed by atoms with E-state index < -0.39 is 0 Å². The third-order valence-corrected chi connectivity index (χ3v) is 2.47. The number of anilines is 1. The number of nitrogens with zero attached hydrogens (tertiary/aromatic N) is 1. The summed E-state index contributed by atoms with van der Waals surface area (Å²) in [4.78, 5) is 4.00. The lowest BCUT2D eigenvalue weighted by Crippen LogP contribution is -1.93. The van der Waals surface area contributed by atoms with Gasteiger partial charge in [0, 0.05) is 17.6 Å². The maximum absolute atomic E-state index is 5.79. The topological polar surface area (TPSA) is 57.4 Å². The summed E-state index contributed by atoms with van der Waals surface area (Å²) in [5, 5.41) is 2.42. The van der Waals surface area contributed by atoms with Gasteiger partial charge in [0.05, 0.1) is 12.8 Å². The van der Waals surface area contributed by atoms with Gasteiger partial charge in [-0.1, -0.05) is 11.3 Å². The zero-order valence-electron chi connectivity index (χ0n) is 8.14. The molecule has 0 amide bonds. The number of nitrogen functional groups attached to an aromatic ring is 1. The predicted octanol–water partition coefficient (Wildman–Crippen LogP) is 2.53. The van der Waals surface area contributed by atoms with Gasteiger partial charge in [-0.3, -0.25) is 0 Å². The summed E-state index contributed by atoms with van der Waals surface area (Å²) in [7, 11) is 1.59. The molecule has 1 heterocycles. The quantitative estimate of drug-likeness (QED) is 0.811. The van der Waals surface area contributed by atoms with Gasteiger partial charge in [-0.05, 0) is 12.1 Å². The summed E-state index contributed by atoms with van der Waals surface area (Å²) in [6.07, 6.45) is 1.68. The molecule has 0 aliphatic carbocycles. The molecule has 1 aromatic carbocycles. The first kappa shape index (κ1) is 9.79. The van der Waals surface area contributed by atoms with E-state index in [1.165, 1.54) is 11.3 Å². The summed E-state index contributed by atoms with van der Waals surface area (Å²) < 4.78 is 10.5. The van der Waals surface area contributed by atoms with Crippen LogP contribution in [0.1, 0.15) is 0 Å². The van der Waals surface area contributed by atoms with Crippen molar-refractivity contribution in [3.63, 3.8) is 0 Å². The predicted molar refractivity (Wildman–Crippen MR) is 59.6 cm³/mol. The van der Waals surface area contributed by atoms with Crippen LogP contribution in [0, 0.1) is 0 Å². The second kappa shape index (κ2) is 4.18. The Morgan fingerprint density at radius 1 is 1.40 bits per heavy atom. The van der Waals surface area contributed by atoms with Crippen molar-refractivity contribution in [1.29, 1.82) is 0 Å². The number of benzene rings is 1. The number of hydrogen-bond acceptors (Lipinski definition) is 5. The minimum absolute atomic E-state index is 0.532. The van der Waals surface area contributed by atoms with Gasteiger partial charge in [0.25, 0.3) is 5.19 Å². The van der Waals surface area contributed by atoms with Gasteiger partial charge < -0.3 is 15.2 Å². The smallest absolute Gasteiger partial charge is 0.278 e. The third-order valence-electron chi connectivity index (χ3n) is 1.82. The molecule has 15 heavy (non-hydrogen) atoms. The number of rotatable bonds is 3. The SMILES string of the molecule is COc1ccc(Oc2nccs2)c(N)c1. The zero-order valence-corrected chi connectivity index (χ0v) is 8.95. The van der Waals surface area contributed by atoms with Crippen LogP contribution in [0.25, 0.3) is 0 Å². The highest BCUT2D eigenvalue weighted by Gasteiger charge is 2.04. The molecule has 0 aliphatic heterocycles. The van der Waals surface area contributed by atoms with E-state index in [0.717, 1.165) is 0 Å². The Hall–Kier alpha value is -1.75. The Bertz CT molecular complexity index is 443. The van der Waals surface area contributed by atoms with Gasteiger partial charge in [-0.15, -0.1) is 0 Å². The van der Waals surface area contributed by atoms with Gasteiger partial charge in [-0.2, -0.15) is 0 Å². The molecule has 78 valence electrons. The first-order valence-electron chi connectivity index (χ1n) is 4.30. The minimum Gasteiger partial charge on any atom is -0.497 e. The highest BCUT2D eigenvalue weighted by molar-refractivity contribution is 7.11. The molecule has 5 heteroatoms. The number of methoxy groups -OCH3 is 1. The van der Waals surface area contributed by atoms with Gasteiger partial charge >= 0.3 is 0 Å². The van der Waals surface area contributed by atoms with Crippen LogP contribution in [0.15, 0.2) is 29.8 Å². The van der Waals surface area contributed by atoms with Crippen molar-refractivity contribution in [3.8, 4) is 16.7 Å². The van der Waals surface area contributed by atoms with Gasteiger partial charge in [0.15, 0.2) is 5.75 Å². The number of hydrogen-bond donors (Lipinski definition) is 1. The highest BCUT2D eigenvalue weighted by atomic mass is 32.1. The van der Waals surface area contributed by atoms with E-state index in [4.69, 9.17) is 15.2 Å². The lowest BCUT2D eigenvalue weighted by Gasteiger charge is -2.06. The summed E-state index contributed by atoms with van der Waals surface area (Å²) in [5.41, 5.74) is 6.32. The van der Waals surface area contributed by atoms with Crippen LogP contribution >= 0.6 is 11.3 Å². The van der Waals surface area contributed by atoms with Crippen molar-refractivity contribution in [2.45, 2.75) is 0 Å². The molecular weight excluding hydrogens is 212 g/mol. The molecule has 2 aromatic rings. The molecule has 0 spiro atoms. The Labute approximate surface area is 91.3 Å². The van der Waals surface area contributed by atoms with Crippen LogP contribution in [0.4, 0.5) is 5.69 Å². The van der Waals surface area contributed by atoms with Crippen molar-refractivity contribution in [1.82, 2.24) is 4.98 Å². The molecule has 0 atom stereocenters. The van der Waals surface area contributed by atoms with E-state index in [1.54, 1.807) is 31.5 Å². The lowest BCUT2D eigenvalue weighted by atomic mass is 10.3. The van der Waals surface area contributed by atoms with Gasteiger partial charge in [0.1, 0.15) is 5.75 Å². The Morgan fingerprint density at radius 2 is 2.27 bits per heavy atom. The fourth-order valence-corrected chi connectivity index (χ4v) is 1.60. The van der Waals surface area contributed by atoms with Crippen LogP contribution in [-0.4, -0.2) is 12.1 Å². The maximum Gasteiger partial charge on any atom is 0.278 e. The molecule has 2 rings (SSSR count). The molecule has 0 saturated carbocycles. The molecule has 0 aliphatic rings. The number of thiazole rings is 1. The number of ether oxygens (including phenoxy) is 2. The normalized spacial score (nSPS) is 9.93. The van der Waals surface area contributed by atoms with Crippen LogP contribution in [0.5, 0.6) is 16.7 Å². The first-order chi connectivity index (χ1) is 7.29. The fraction of sp³-hybridized carbons (Fsp3) is 0.100. The average Bonchev–Trinajstić information content (AvgIpc) is 2.74. The molecule has 2 N–H and O–H groups in total. The van der Waals surface area contributed by atoms with Crippen LogP contribution < -0.4 is 15.2 Å². The van der Waals surface area contributed by atoms with Crippen molar-refractivity contribution in [2.75, 3.05) is 12.8 Å². The monoisotopic (exact) mass is 222 g/mol. The van der Waals surface area contributed by atoms with Crippen molar-refractivity contribution < 1.29 is 9.47 Å². The van der Waals surface area contributed by atoms with Crippen molar-refractivity contribution >= 4 is 17.0 Å². The van der Waals surface area contributed by atoms with Crippen molar-refractivity contribution in [2.24, 2.45) is 0 Å². The zero-order chi connectivity index (χ0) is 10.7. The Kier molecular flexibility index (Phi) is 2.73. The van der Waals surface area contributed by atoms with E-state index >= 15 is 0 Å². The van der Waals surface area contributed by atoms with E-state index in [2.05, 4.69) is 4.98 Å². The molecule has 0 saturated heterocycles. The summed E-state index contributed by atoms with van der Waals surface area (Å²) in [6, 6.07) is 5.26. The molecule has 1 aromatic heterocycles. The van der Waals surface area contributed by atoms with Gasteiger partial charge in [-0.25, -0.2) is 4.98 Å². The molecule has 0 radical (unpaired) electrons. The Morgan fingerprint density at radius 3 is 2.87 bits per heavy atom. The van der Waals surface area contributed by atoms with E-state index in [9.17, 15) is 0 Å². The third kappa shape index (κ3) is 2.19. The van der Waals surface area contributed by atoms with Gasteiger partial charge in [0.2, 0.25) is 0 Å². The average molecular weight is 222 g/mol. The maximum atomic E-state index is 5.79. The largest absolute Gasteiger partial charge is 0.497 e. The second-order valence-electron chi connectivity index (χ2n) is 2.80. The Balaban J connectivity index is 2.22. The first-order valence-corrected chi connectivity index (χ1v) is 5.18. The highest BCUT2D eigenvalue weighted by Crippen LogP contribution is 2.31. The molecule has 0 unspecified atom stereocenters. The van der Waals surface area contributed by atoms with Crippen molar-refractivity contribution in [3.05, 3.63) is 29.8 Å². The minimum atomic E-state index is 0.532. The second-order valence-corrected chi connectivity index (χ2v) is 3.66. The van der Waals surface area contributed by atoms with Crippen LogP contribution in [-0.2, 0) is 0 Å². The van der Waals surface area contributed by atoms with E-state index in [1.807, 2.05) is 5.38 Å².